The Hall–Kier alpha value is -1.12. The van der Waals surface area contributed by atoms with Gasteiger partial charge in [0.25, 0.3) is 0 Å². The molecule has 0 spiro atoms. The average molecular weight is 304 g/mol. The van der Waals surface area contributed by atoms with Gasteiger partial charge in [0.2, 0.25) is 0 Å². The molecule has 0 aromatic heterocycles. The lowest BCUT2D eigenvalue weighted by Crippen LogP contribution is -2.15. The van der Waals surface area contributed by atoms with Crippen LogP contribution < -0.4 is 5.32 Å². The van der Waals surface area contributed by atoms with Gasteiger partial charge in [-0.1, -0.05) is 64.5 Å². The van der Waals surface area contributed by atoms with Crippen LogP contribution in [0.3, 0.4) is 0 Å². The van der Waals surface area contributed by atoms with E-state index in [0.29, 0.717) is 0 Å². The Kier molecular flexibility index (Phi) is 5.43. The van der Waals surface area contributed by atoms with Gasteiger partial charge in [-0.2, -0.15) is 0 Å². The molecule has 0 aliphatic rings. The van der Waals surface area contributed by atoms with Crippen molar-refractivity contribution in [2.24, 2.45) is 0 Å². The van der Waals surface area contributed by atoms with Crippen LogP contribution in [0.15, 0.2) is 59.1 Å². The normalized spacial score (nSPS) is 10.5. The van der Waals surface area contributed by atoms with Gasteiger partial charge in [-0.3, -0.25) is 0 Å². The zero-order valence-electron chi connectivity index (χ0n) is 10.4. The third-order valence-corrected chi connectivity index (χ3v) is 3.70. The Morgan fingerprint density at radius 1 is 0.889 bits per heavy atom. The summed E-state index contributed by atoms with van der Waals surface area (Å²) < 4.78 is 1.22. The molecular weight excluding hydrogens is 286 g/mol. The van der Waals surface area contributed by atoms with Gasteiger partial charge in [-0.15, -0.1) is 0 Å². The predicted octanol–water partition coefficient (Wildman–Crippen LogP) is 4.17. The van der Waals surface area contributed by atoms with Crippen LogP contribution in [0.5, 0.6) is 0 Å². The van der Waals surface area contributed by atoms with Crippen LogP contribution in [0.2, 0.25) is 0 Å². The molecule has 2 aromatic rings. The summed E-state index contributed by atoms with van der Waals surface area (Å²) >= 11 is 3.58. The summed E-state index contributed by atoms with van der Waals surface area (Å²) in [7, 11) is 0. The molecular formula is C16H18BrN. The van der Waals surface area contributed by atoms with Crippen molar-refractivity contribution < 1.29 is 0 Å². The molecule has 0 unspecified atom stereocenters. The molecule has 2 aromatic carbocycles. The van der Waals surface area contributed by atoms with Crippen LogP contribution in [0.4, 0.5) is 0 Å². The van der Waals surface area contributed by atoms with Crippen LogP contribution in [0.1, 0.15) is 17.5 Å². The Morgan fingerprint density at radius 2 is 1.61 bits per heavy atom. The predicted molar refractivity (Wildman–Crippen MR) is 80.6 cm³/mol. The van der Waals surface area contributed by atoms with Crippen LogP contribution >= 0.6 is 15.9 Å². The first-order chi connectivity index (χ1) is 8.86. The third-order valence-electron chi connectivity index (χ3n) is 2.93. The first kappa shape index (κ1) is 13.3. The fourth-order valence-electron chi connectivity index (χ4n) is 1.93. The number of nitrogens with one attached hydrogen (secondary N) is 1. The number of rotatable bonds is 6. The molecule has 0 aliphatic carbocycles. The van der Waals surface area contributed by atoms with Gasteiger partial charge in [0.05, 0.1) is 0 Å². The van der Waals surface area contributed by atoms with Crippen LogP contribution in [0, 0.1) is 0 Å². The highest BCUT2D eigenvalue weighted by molar-refractivity contribution is 9.10. The summed E-state index contributed by atoms with van der Waals surface area (Å²) in [5, 5.41) is 3.48. The molecule has 0 saturated heterocycles. The molecule has 1 nitrogen and oxygen atoms in total. The molecule has 2 heteroatoms. The fraction of sp³-hybridized carbons (Fsp3) is 0.250. The molecule has 0 heterocycles. The Labute approximate surface area is 117 Å². The minimum absolute atomic E-state index is 0.955. The smallest absolute Gasteiger partial charge is 0.0207 e. The maximum absolute atomic E-state index is 3.58. The number of benzene rings is 2. The SMILES string of the molecule is Brc1ccccc1CCCNCc1ccccc1. The quantitative estimate of drug-likeness (QED) is 0.790. The topological polar surface area (TPSA) is 12.0 Å². The van der Waals surface area contributed by atoms with Crippen LogP contribution in [0.25, 0.3) is 0 Å². The largest absolute Gasteiger partial charge is 0.313 e. The van der Waals surface area contributed by atoms with E-state index < -0.39 is 0 Å². The Morgan fingerprint density at radius 3 is 2.39 bits per heavy atom. The number of aryl methyl sites for hydroxylation is 1. The van der Waals surface area contributed by atoms with Crippen molar-refractivity contribution in [3.05, 3.63) is 70.2 Å². The molecule has 1 N–H and O–H groups in total. The van der Waals surface area contributed by atoms with Crippen molar-refractivity contribution in [3.8, 4) is 0 Å². The minimum Gasteiger partial charge on any atom is -0.313 e. The van der Waals surface area contributed by atoms with Gasteiger partial charge in [-0.05, 0) is 36.6 Å². The van der Waals surface area contributed by atoms with E-state index in [-0.39, 0.29) is 0 Å². The van der Waals surface area contributed by atoms with Crippen LogP contribution in [-0.4, -0.2) is 6.54 Å². The summed E-state index contributed by atoms with van der Waals surface area (Å²) in [5.74, 6) is 0. The number of hydrogen-bond donors (Lipinski definition) is 1. The van der Waals surface area contributed by atoms with Crippen molar-refractivity contribution in [2.45, 2.75) is 19.4 Å². The summed E-state index contributed by atoms with van der Waals surface area (Å²) in [5.41, 5.74) is 2.73. The minimum atomic E-state index is 0.955. The number of halogens is 1. The molecule has 94 valence electrons. The van der Waals surface area contributed by atoms with E-state index in [4.69, 9.17) is 0 Å². The lowest BCUT2D eigenvalue weighted by Gasteiger charge is -2.06. The van der Waals surface area contributed by atoms with Gasteiger partial charge in [0, 0.05) is 11.0 Å². The highest BCUT2D eigenvalue weighted by atomic mass is 79.9. The van der Waals surface area contributed by atoms with Gasteiger partial charge in [0.15, 0.2) is 0 Å². The maximum Gasteiger partial charge on any atom is 0.0207 e. The Bertz CT molecular complexity index is 468. The maximum atomic E-state index is 3.58. The molecule has 0 aliphatic heterocycles. The molecule has 0 saturated carbocycles. The first-order valence-corrected chi connectivity index (χ1v) is 7.13. The van der Waals surface area contributed by atoms with Gasteiger partial charge in [-0.25, -0.2) is 0 Å². The second kappa shape index (κ2) is 7.34. The third kappa shape index (κ3) is 4.28. The van der Waals surface area contributed by atoms with Crippen LogP contribution in [-0.2, 0) is 13.0 Å². The zero-order valence-corrected chi connectivity index (χ0v) is 12.0. The first-order valence-electron chi connectivity index (χ1n) is 6.34. The fourth-order valence-corrected chi connectivity index (χ4v) is 2.42. The van der Waals surface area contributed by atoms with Gasteiger partial charge in [0.1, 0.15) is 0 Å². The second-order valence-corrected chi connectivity index (χ2v) is 5.21. The van der Waals surface area contributed by atoms with E-state index in [9.17, 15) is 0 Å². The van der Waals surface area contributed by atoms with Gasteiger partial charge < -0.3 is 5.32 Å². The van der Waals surface area contributed by atoms with E-state index in [0.717, 1.165) is 25.9 Å². The summed E-state index contributed by atoms with van der Waals surface area (Å²) in [6.45, 7) is 2.01. The van der Waals surface area contributed by atoms with E-state index in [1.165, 1.54) is 15.6 Å². The van der Waals surface area contributed by atoms with E-state index in [2.05, 4.69) is 75.8 Å². The van der Waals surface area contributed by atoms with E-state index >= 15 is 0 Å². The van der Waals surface area contributed by atoms with E-state index in [1.807, 2.05) is 0 Å². The lowest BCUT2D eigenvalue weighted by molar-refractivity contribution is 0.649. The summed E-state index contributed by atoms with van der Waals surface area (Å²) in [4.78, 5) is 0. The van der Waals surface area contributed by atoms with Crippen molar-refractivity contribution in [2.75, 3.05) is 6.54 Å². The highest BCUT2D eigenvalue weighted by Crippen LogP contribution is 2.16. The molecule has 18 heavy (non-hydrogen) atoms. The number of hydrogen-bond acceptors (Lipinski definition) is 1. The average Bonchev–Trinajstić information content (AvgIpc) is 2.42. The molecule has 0 fully saturated rings. The van der Waals surface area contributed by atoms with Crippen molar-refractivity contribution in [3.63, 3.8) is 0 Å². The standard InChI is InChI=1S/C16H18BrN/c17-16-11-5-4-9-15(16)10-6-12-18-13-14-7-2-1-3-8-14/h1-5,7-9,11,18H,6,10,12-13H2. The molecule has 0 atom stereocenters. The molecule has 2 rings (SSSR count). The summed E-state index contributed by atoms with van der Waals surface area (Å²) in [6.07, 6.45) is 2.28. The summed E-state index contributed by atoms with van der Waals surface area (Å²) in [6, 6.07) is 19.0. The lowest BCUT2D eigenvalue weighted by atomic mass is 10.1. The zero-order chi connectivity index (χ0) is 12.6. The van der Waals surface area contributed by atoms with Gasteiger partial charge >= 0.3 is 0 Å². The highest BCUT2D eigenvalue weighted by Gasteiger charge is 1.98. The Balaban J connectivity index is 1.66. The van der Waals surface area contributed by atoms with Crippen molar-refractivity contribution >= 4 is 15.9 Å². The van der Waals surface area contributed by atoms with Crippen molar-refractivity contribution in [1.29, 1.82) is 0 Å². The molecule has 0 amide bonds. The molecule has 0 bridgehead atoms. The van der Waals surface area contributed by atoms with Crippen molar-refractivity contribution in [1.82, 2.24) is 5.32 Å². The monoisotopic (exact) mass is 303 g/mol. The molecule has 0 radical (unpaired) electrons. The van der Waals surface area contributed by atoms with E-state index in [1.54, 1.807) is 0 Å². The second-order valence-electron chi connectivity index (χ2n) is 4.36.